The van der Waals surface area contributed by atoms with Gasteiger partial charge in [0.25, 0.3) is 0 Å². The van der Waals surface area contributed by atoms with Crippen molar-refractivity contribution in [2.75, 3.05) is 39.9 Å². The van der Waals surface area contributed by atoms with Gasteiger partial charge in [0.1, 0.15) is 0 Å². The van der Waals surface area contributed by atoms with Crippen molar-refractivity contribution in [1.82, 2.24) is 9.80 Å². The van der Waals surface area contributed by atoms with Crippen LogP contribution >= 0.6 is 0 Å². The van der Waals surface area contributed by atoms with Crippen molar-refractivity contribution < 1.29 is 4.74 Å². The third-order valence-electron chi connectivity index (χ3n) is 4.19. The third-order valence-corrected chi connectivity index (χ3v) is 4.19. The number of nitrogens with zero attached hydrogens (tertiary/aromatic N) is 2. The van der Waals surface area contributed by atoms with Crippen molar-refractivity contribution in [3.8, 4) is 0 Å². The summed E-state index contributed by atoms with van der Waals surface area (Å²) in [5.74, 6) is 0. The van der Waals surface area contributed by atoms with Crippen molar-refractivity contribution in [2.24, 2.45) is 5.73 Å². The largest absolute Gasteiger partial charge is 0.385 e. The van der Waals surface area contributed by atoms with Gasteiger partial charge in [0.2, 0.25) is 0 Å². The highest BCUT2D eigenvalue weighted by Crippen LogP contribution is 2.23. The molecular formula is C13H27N3O. The molecule has 2 rings (SSSR count). The number of hydrogen-bond donors (Lipinski definition) is 1. The van der Waals surface area contributed by atoms with E-state index in [1.807, 2.05) is 0 Å². The molecule has 4 heteroatoms. The van der Waals surface area contributed by atoms with Gasteiger partial charge in [-0.3, -0.25) is 4.90 Å². The van der Waals surface area contributed by atoms with E-state index in [4.69, 9.17) is 10.5 Å². The summed E-state index contributed by atoms with van der Waals surface area (Å²) < 4.78 is 5.10. The summed E-state index contributed by atoms with van der Waals surface area (Å²) in [4.78, 5) is 5.10. The average Bonchev–Trinajstić information content (AvgIpc) is 2.77. The standard InChI is InChI=1S/C13H27N3O/c1-17-11-3-7-15-9-5-12(6-10-15)16-8-2-4-13(16)14/h12-13H,2-11,14H2,1H3/t13-/m0/s1. The van der Waals surface area contributed by atoms with Crippen LogP contribution in [0.1, 0.15) is 32.1 Å². The molecule has 0 unspecified atom stereocenters. The second-order valence-corrected chi connectivity index (χ2v) is 5.37. The first-order valence-electron chi connectivity index (χ1n) is 7.04. The van der Waals surface area contributed by atoms with E-state index in [9.17, 15) is 0 Å². The molecule has 0 radical (unpaired) electrons. The molecule has 4 nitrogen and oxygen atoms in total. The number of likely N-dealkylation sites (tertiary alicyclic amines) is 2. The van der Waals surface area contributed by atoms with Crippen LogP contribution < -0.4 is 5.73 Å². The summed E-state index contributed by atoms with van der Waals surface area (Å²) in [6.07, 6.45) is 6.55. The molecule has 2 aliphatic rings. The predicted octanol–water partition coefficient (Wildman–Crippen LogP) is 0.868. The number of ether oxygens (including phenoxy) is 1. The van der Waals surface area contributed by atoms with E-state index in [-0.39, 0.29) is 0 Å². The number of hydrogen-bond acceptors (Lipinski definition) is 4. The van der Waals surface area contributed by atoms with Crippen LogP contribution in [0.3, 0.4) is 0 Å². The lowest BCUT2D eigenvalue weighted by Crippen LogP contribution is -2.49. The molecule has 0 amide bonds. The smallest absolute Gasteiger partial charge is 0.0574 e. The fourth-order valence-corrected chi connectivity index (χ4v) is 3.18. The van der Waals surface area contributed by atoms with Crippen molar-refractivity contribution in [3.05, 3.63) is 0 Å². The Bertz CT molecular complexity index is 217. The van der Waals surface area contributed by atoms with E-state index < -0.39 is 0 Å². The zero-order valence-electron chi connectivity index (χ0n) is 11.1. The number of methoxy groups -OCH3 is 1. The second-order valence-electron chi connectivity index (χ2n) is 5.37. The fourth-order valence-electron chi connectivity index (χ4n) is 3.18. The van der Waals surface area contributed by atoms with Crippen LogP contribution in [-0.2, 0) is 4.74 Å². The maximum atomic E-state index is 6.14. The van der Waals surface area contributed by atoms with E-state index in [0.717, 1.165) is 19.1 Å². The number of rotatable bonds is 5. The van der Waals surface area contributed by atoms with E-state index in [1.165, 1.54) is 51.9 Å². The molecule has 100 valence electrons. The van der Waals surface area contributed by atoms with E-state index in [1.54, 1.807) is 7.11 Å². The van der Waals surface area contributed by atoms with Gasteiger partial charge in [0, 0.05) is 32.8 Å². The van der Waals surface area contributed by atoms with Crippen LogP contribution in [0.25, 0.3) is 0 Å². The van der Waals surface area contributed by atoms with Gasteiger partial charge in [-0.05, 0) is 45.2 Å². The van der Waals surface area contributed by atoms with Crippen LogP contribution in [0.2, 0.25) is 0 Å². The van der Waals surface area contributed by atoms with Gasteiger partial charge < -0.3 is 15.4 Å². The topological polar surface area (TPSA) is 41.7 Å². The Labute approximate surface area is 105 Å². The highest BCUT2D eigenvalue weighted by Gasteiger charge is 2.30. The Morgan fingerprint density at radius 3 is 2.53 bits per heavy atom. The van der Waals surface area contributed by atoms with Crippen LogP contribution in [0.4, 0.5) is 0 Å². The Morgan fingerprint density at radius 2 is 1.94 bits per heavy atom. The van der Waals surface area contributed by atoms with E-state index in [0.29, 0.717) is 6.17 Å². The average molecular weight is 241 g/mol. The van der Waals surface area contributed by atoms with Crippen molar-refractivity contribution in [3.63, 3.8) is 0 Å². The molecule has 0 aliphatic carbocycles. The predicted molar refractivity (Wildman–Crippen MR) is 69.9 cm³/mol. The maximum Gasteiger partial charge on any atom is 0.0574 e. The molecule has 17 heavy (non-hydrogen) atoms. The number of nitrogens with two attached hydrogens (primary N) is 1. The lowest BCUT2D eigenvalue weighted by Gasteiger charge is -2.38. The fraction of sp³-hybridized carbons (Fsp3) is 1.00. The molecule has 0 aromatic carbocycles. The summed E-state index contributed by atoms with van der Waals surface area (Å²) in [5.41, 5.74) is 6.14. The van der Waals surface area contributed by atoms with Crippen LogP contribution in [0, 0.1) is 0 Å². The molecule has 0 aromatic heterocycles. The first-order valence-corrected chi connectivity index (χ1v) is 7.04. The minimum atomic E-state index is 0.333. The molecular weight excluding hydrogens is 214 g/mol. The van der Waals surface area contributed by atoms with E-state index in [2.05, 4.69) is 9.80 Å². The molecule has 0 saturated carbocycles. The lowest BCUT2D eigenvalue weighted by molar-refractivity contribution is 0.0935. The maximum absolute atomic E-state index is 6.14. The molecule has 2 saturated heterocycles. The van der Waals surface area contributed by atoms with Crippen LogP contribution in [-0.4, -0.2) is 61.9 Å². The third kappa shape index (κ3) is 3.65. The summed E-state index contributed by atoms with van der Waals surface area (Å²) in [5, 5.41) is 0. The van der Waals surface area contributed by atoms with Gasteiger partial charge >= 0.3 is 0 Å². The summed E-state index contributed by atoms with van der Waals surface area (Å²) >= 11 is 0. The van der Waals surface area contributed by atoms with Gasteiger partial charge in [-0.2, -0.15) is 0 Å². The zero-order valence-corrected chi connectivity index (χ0v) is 11.1. The van der Waals surface area contributed by atoms with Crippen LogP contribution in [0.15, 0.2) is 0 Å². The molecule has 1 atom stereocenters. The second kappa shape index (κ2) is 6.69. The minimum Gasteiger partial charge on any atom is -0.385 e. The zero-order chi connectivity index (χ0) is 12.1. The van der Waals surface area contributed by atoms with Gasteiger partial charge in [-0.1, -0.05) is 0 Å². The Morgan fingerprint density at radius 1 is 1.18 bits per heavy atom. The first kappa shape index (κ1) is 13.3. The van der Waals surface area contributed by atoms with Crippen molar-refractivity contribution >= 4 is 0 Å². The Balaban J connectivity index is 1.67. The van der Waals surface area contributed by atoms with Crippen molar-refractivity contribution in [2.45, 2.75) is 44.3 Å². The molecule has 0 spiro atoms. The highest BCUT2D eigenvalue weighted by atomic mass is 16.5. The summed E-state index contributed by atoms with van der Waals surface area (Å²) in [7, 11) is 1.78. The molecule has 2 fully saturated rings. The van der Waals surface area contributed by atoms with Crippen molar-refractivity contribution in [1.29, 1.82) is 0 Å². The molecule has 2 aliphatic heterocycles. The summed E-state index contributed by atoms with van der Waals surface area (Å²) in [6, 6.07) is 0.742. The molecule has 0 bridgehead atoms. The first-order chi connectivity index (χ1) is 8.31. The Kier molecular flexibility index (Phi) is 5.22. The van der Waals surface area contributed by atoms with Gasteiger partial charge in [0.15, 0.2) is 0 Å². The lowest BCUT2D eigenvalue weighted by atomic mass is 10.0. The van der Waals surface area contributed by atoms with Gasteiger partial charge in [0.05, 0.1) is 6.17 Å². The molecule has 2 N–H and O–H groups in total. The molecule has 0 aromatic rings. The SMILES string of the molecule is COCCCN1CCC(N2CCC[C@H]2N)CC1. The Hall–Kier alpha value is -0.160. The quantitative estimate of drug-likeness (QED) is 0.725. The summed E-state index contributed by atoms with van der Waals surface area (Å²) in [6.45, 7) is 5.76. The highest BCUT2D eigenvalue weighted by molar-refractivity contribution is 4.85. The van der Waals surface area contributed by atoms with Gasteiger partial charge in [-0.25, -0.2) is 0 Å². The normalized spacial score (nSPS) is 28.9. The molecule has 2 heterocycles. The minimum absolute atomic E-state index is 0.333. The van der Waals surface area contributed by atoms with E-state index >= 15 is 0 Å². The number of piperidine rings is 1. The van der Waals surface area contributed by atoms with Crippen LogP contribution in [0.5, 0.6) is 0 Å². The van der Waals surface area contributed by atoms with Gasteiger partial charge in [-0.15, -0.1) is 0 Å². The monoisotopic (exact) mass is 241 g/mol.